The monoisotopic (exact) mass is 284 g/mol. The zero-order valence-electron chi connectivity index (χ0n) is 11.9. The Labute approximate surface area is 124 Å². The Morgan fingerprint density at radius 2 is 1.75 bits per heavy atom. The fourth-order valence-electron chi connectivity index (χ4n) is 3.09. The molecule has 1 aromatic heterocycles. The first kappa shape index (κ1) is 13.6. The number of aryl methyl sites for hydroxylation is 1. The quantitative estimate of drug-likeness (QED) is 0.696. The maximum atomic E-state index is 12.4. The highest BCUT2D eigenvalue weighted by Gasteiger charge is 2.17. The first-order valence-electron chi connectivity index (χ1n) is 7.43. The van der Waals surface area contributed by atoms with E-state index in [9.17, 15) is 4.79 Å². The minimum absolute atomic E-state index is 0.152. The molecule has 3 rings (SSSR count). The van der Waals surface area contributed by atoms with E-state index in [0.717, 1.165) is 16.7 Å². The van der Waals surface area contributed by atoms with Gasteiger partial charge in [-0.1, -0.05) is 43.5 Å². The summed E-state index contributed by atoms with van der Waals surface area (Å²) in [6, 6.07) is 8.32. The second-order valence-corrected chi connectivity index (χ2v) is 6.50. The predicted molar refractivity (Wildman–Crippen MR) is 84.8 cm³/mol. The van der Waals surface area contributed by atoms with Gasteiger partial charge in [-0.2, -0.15) is 11.3 Å². The van der Waals surface area contributed by atoms with Gasteiger partial charge < -0.3 is 0 Å². The van der Waals surface area contributed by atoms with E-state index < -0.39 is 0 Å². The Kier molecular flexibility index (Phi) is 4.02. The molecule has 0 N–H and O–H groups in total. The van der Waals surface area contributed by atoms with Crippen molar-refractivity contribution in [2.45, 2.75) is 44.9 Å². The van der Waals surface area contributed by atoms with Crippen LogP contribution in [0, 0.1) is 6.92 Å². The SMILES string of the molecule is Cc1cscc1C(=O)c1ccc(C2CCCCC2)cc1. The van der Waals surface area contributed by atoms with E-state index >= 15 is 0 Å². The van der Waals surface area contributed by atoms with Crippen LogP contribution in [0.15, 0.2) is 35.0 Å². The molecule has 0 unspecified atom stereocenters. The fraction of sp³-hybridized carbons (Fsp3) is 0.389. The van der Waals surface area contributed by atoms with Gasteiger partial charge in [-0.15, -0.1) is 0 Å². The molecule has 20 heavy (non-hydrogen) atoms. The normalized spacial score (nSPS) is 16.2. The topological polar surface area (TPSA) is 17.1 Å². The van der Waals surface area contributed by atoms with E-state index in [1.54, 1.807) is 11.3 Å². The van der Waals surface area contributed by atoms with Crippen molar-refractivity contribution < 1.29 is 4.79 Å². The van der Waals surface area contributed by atoms with Crippen LogP contribution in [0.2, 0.25) is 0 Å². The number of benzene rings is 1. The van der Waals surface area contributed by atoms with Gasteiger partial charge in [-0.3, -0.25) is 4.79 Å². The summed E-state index contributed by atoms with van der Waals surface area (Å²) in [5.41, 5.74) is 4.14. The molecule has 0 radical (unpaired) electrons. The molecule has 0 bridgehead atoms. The standard InChI is InChI=1S/C18H20OS/c1-13-11-20-12-17(13)18(19)16-9-7-15(8-10-16)14-5-3-2-4-6-14/h7-12,14H,2-6H2,1H3. The van der Waals surface area contributed by atoms with Gasteiger partial charge in [0, 0.05) is 16.5 Å². The van der Waals surface area contributed by atoms with Gasteiger partial charge in [-0.05, 0) is 42.2 Å². The molecule has 0 saturated heterocycles. The minimum Gasteiger partial charge on any atom is -0.289 e. The summed E-state index contributed by atoms with van der Waals surface area (Å²) >= 11 is 1.59. The molecule has 0 aliphatic heterocycles. The molecular weight excluding hydrogens is 264 g/mol. The average molecular weight is 284 g/mol. The van der Waals surface area contributed by atoms with Crippen LogP contribution in [-0.2, 0) is 0 Å². The van der Waals surface area contributed by atoms with E-state index in [0.29, 0.717) is 5.92 Å². The summed E-state index contributed by atoms with van der Waals surface area (Å²) < 4.78 is 0. The van der Waals surface area contributed by atoms with Gasteiger partial charge in [0.25, 0.3) is 0 Å². The number of carbonyl (C=O) groups excluding carboxylic acids is 1. The van der Waals surface area contributed by atoms with Crippen LogP contribution in [0.3, 0.4) is 0 Å². The summed E-state index contributed by atoms with van der Waals surface area (Å²) in [6.45, 7) is 2.00. The molecule has 104 valence electrons. The van der Waals surface area contributed by atoms with E-state index in [1.807, 2.05) is 29.8 Å². The third kappa shape index (κ3) is 2.71. The van der Waals surface area contributed by atoms with E-state index in [2.05, 4.69) is 12.1 Å². The van der Waals surface area contributed by atoms with Gasteiger partial charge in [-0.25, -0.2) is 0 Å². The zero-order chi connectivity index (χ0) is 13.9. The third-order valence-corrected chi connectivity index (χ3v) is 5.21. The lowest BCUT2D eigenvalue weighted by Crippen LogP contribution is -2.06. The largest absolute Gasteiger partial charge is 0.289 e. The third-order valence-electron chi connectivity index (χ3n) is 4.35. The molecule has 1 aliphatic carbocycles. The summed E-state index contributed by atoms with van der Waals surface area (Å²) in [7, 11) is 0. The van der Waals surface area contributed by atoms with E-state index in [4.69, 9.17) is 0 Å². The van der Waals surface area contributed by atoms with E-state index in [-0.39, 0.29) is 5.78 Å². The molecule has 1 heterocycles. The molecule has 1 fully saturated rings. The summed E-state index contributed by atoms with van der Waals surface area (Å²) in [6.07, 6.45) is 6.68. The average Bonchev–Trinajstić information content (AvgIpc) is 2.94. The van der Waals surface area contributed by atoms with Crippen molar-refractivity contribution in [2.75, 3.05) is 0 Å². The number of carbonyl (C=O) groups is 1. The van der Waals surface area contributed by atoms with Crippen molar-refractivity contribution in [3.8, 4) is 0 Å². The van der Waals surface area contributed by atoms with Crippen molar-refractivity contribution in [3.05, 3.63) is 57.3 Å². The molecule has 2 aromatic rings. The van der Waals surface area contributed by atoms with Crippen molar-refractivity contribution in [1.29, 1.82) is 0 Å². The van der Waals surface area contributed by atoms with Crippen LogP contribution < -0.4 is 0 Å². The highest BCUT2D eigenvalue weighted by atomic mass is 32.1. The lowest BCUT2D eigenvalue weighted by atomic mass is 9.84. The van der Waals surface area contributed by atoms with Crippen molar-refractivity contribution in [3.63, 3.8) is 0 Å². The molecule has 1 nitrogen and oxygen atoms in total. The minimum atomic E-state index is 0.152. The molecule has 1 aliphatic rings. The lowest BCUT2D eigenvalue weighted by molar-refractivity contribution is 0.103. The lowest BCUT2D eigenvalue weighted by Gasteiger charge is -2.22. The molecule has 1 aromatic carbocycles. The van der Waals surface area contributed by atoms with Crippen LogP contribution in [0.5, 0.6) is 0 Å². The number of hydrogen-bond acceptors (Lipinski definition) is 2. The zero-order valence-corrected chi connectivity index (χ0v) is 12.7. The van der Waals surface area contributed by atoms with Gasteiger partial charge in [0.2, 0.25) is 0 Å². The van der Waals surface area contributed by atoms with Crippen LogP contribution in [0.25, 0.3) is 0 Å². The van der Waals surface area contributed by atoms with Crippen LogP contribution in [0.4, 0.5) is 0 Å². The first-order chi connectivity index (χ1) is 9.75. The van der Waals surface area contributed by atoms with Crippen molar-refractivity contribution >= 4 is 17.1 Å². The van der Waals surface area contributed by atoms with Crippen molar-refractivity contribution in [1.82, 2.24) is 0 Å². The van der Waals surface area contributed by atoms with Crippen LogP contribution in [0.1, 0.15) is 65.1 Å². The molecule has 0 spiro atoms. The number of thiophene rings is 1. The maximum Gasteiger partial charge on any atom is 0.194 e. The molecule has 0 atom stereocenters. The summed E-state index contributed by atoms with van der Waals surface area (Å²) in [5, 5.41) is 3.98. The van der Waals surface area contributed by atoms with Crippen LogP contribution in [-0.4, -0.2) is 5.78 Å². The highest BCUT2D eigenvalue weighted by Crippen LogP contribution is 2.32. The summed E-state index contributed by atoms with van der Waals surface area (Å²) in [4.78, 5) is 12.4. The molecule has 2 heteroatoms. The molecule has 0 amide bonds. The Morgan fingerprint density at radius 1 is 1.05 bits per heavy atom. The summed E-state index contributed by atoms with van der Waals surface area (Å²) in [5.74, 6) is 0.856. The Morgan fingerprint density at radius 3 is 2.35 bits per heavy atom. The number of rotatable bonds is 3. The van der Waals surface area contributed by atoms with Crippen molar-refractivity contribution in [2.24, 2.45) is 0 Å². The first-order valence-corrected chi connectivity index (χ1v) is 8.37. The Hall–Kier alpha value is -1.41. The predicted octanol–water partition coefficient (Wildman–Crippen LogP) is 5.34. The second-order valence-electron chi connectivity index (χ2n) is 5.75. The molecular formula is C18H20OS. The highest BCUT2D eigenvalue weighted by molar-refractivity contribution is 7.08. The number of hydrogen-bond donors (Lipinski definition) is 0. The van der Waals surface area contributed by atoms with Gasteiger partial charge in [0.15, 0.2) is 5.78 Å². The van der Waals surface area contributed by atoms with E-state index in [1.165, 1.54) is 37.7 Å². The Bertz CT molecular complexity index is 588. The number of ketones is 1. The van der Waals surface area contributed by atoms with Gasteiger partial charge in [0.1, 0.15) is 0 Å². The second kappa shape index (κ2) is 5.92. The van der Waals surface area contributed by atoms with Gasteiger partial charge in [0.05, 0.1) is 0 Å². The fourth-order valence-corrected chi connectivity index (χ4v) is 3.92. The smallest absolute Gasteiger partial charge is 0.194 e. The molecule has 1 saturated carbocycles. The maximum absolute atomic E-state index is 12.4. The Balaban J connectivity index is 1.79. The van der Waals surface area contributed by atoms with Crippen LogP contribution >= 0.6 is 11.3 Å². The van der Waals surface area contributed by atoms with Gasteiger partial charge >= 0.3 is 0 Å².